The van der Waals surface area contributed by atoms with Crippen LogP contribution in [-0.4, -0.2) is 35.6 Å². The van der Waals surface area contributed by atoms with Gasteiger partial charge in [-0.25, -0.2) is 0 Å². The van der Waals surface area contributed by atoms with E-state index < -0.39 is 17.6 Å². The molecular formula is C10H19F3N2O. The maximum absolute atomic E-state index is 12.5. The van der Waals surface area contributed by atoms with E-state index in [1.54, 1.807) is 6.92 Å². The van der Waals surface area contributed by atoms with Crippen molar-refractivity contribution in [3.63, 3.8) is 0 Å². The first kappa shape index (κ1) is 15.2. The molecule has 0 aliphatic heterocycles. The second-order valence-corrected chi connectivity index (χ2v) is 4.60. The molecule has 6 heteroatoms. The number of carbonyl (C=O) groups excluding carboxylic acids is 1. The molecule has 2 atom stereocenters. The van der Waals surface area contributed by atoms with Gasteiger partial charge in [0.25, 0.3) is 5.91 Å². The molecule has 0 saturated heterocycles. The zero-order valence-electron chi connectivity index (χ0n) is 10.2. The van der Waals surface area contributed by atoms with Crippen LogP contribution in [0.1, 0.15) is 27.7 Å². The van der Waals surface area contributed by atoms with Crippen LogP contribution in [0.15, 0.2) is 0 Å². The number of hydrogen-bond donors (Lipinski definition) is 1. The predicted octanol–water partition coefficient (Wildman–Crippen LogP) is 1.77. The Balaban J connectivity index is 4.94. The third kappa shape index (κ3) is 2.87. The van der Waals surface area contributed by atoms with Gasteiger partial charge in [0.2, 0.25) is 0 Å². The summed E-state index contributed by atoms with van der Waals surface area (Å²) in [5, 5.41) is 0. The van der Waals surface area contributed by atoms with Crippen LogP contribution in [0.25, 0.3) is 0 Å². The summed E-state index contributed by atoms with van der Waals surface area (Å²) in [7, 11) is 1.34. The lowest BCUT2D eigenvalue weighted by atomic mass is 9.98. The number of amides is 1. The Morgan fingerprint density at radius 2 is 1.62 bits per heavy atom. The van der Waals surface area contributed by atoms with Gasteiger partial charge in [0, 0.05) is 13.1 Å². The van der Waals surface area contributed by atoms with Crippen molar-refractivity contribution in [2.75, 3.05) is 7.05 Å². The lowest BCUT2D eigenvalue weighted by Crippen LogP contribution is -2.63. The van der Waals surface area contributed by atoms with Gasteiger partial charge in [0.05, 0.1) is 0 Å². The third-order valence-electron chi connectivity index (χ3n) is 2.93. The quantitative estimate of drug-likeness (QED) is 0.817. The lowest BCUT2D eigenvalue weighted by Gasteiger charge is -2.35. The fourth-order valence-electron chi connectivity index (χ4n) is 1.12. The first-order valence-electron chi connectivity index (χ1n) is 5.05. The molecule has 0 spiro atoms. The Morgan fingerprint density at radius 1 is 1.25 bits per heavy atom. The molecule has 0 heterocycles. The maximum Gasteiger partial charge on any atom is 0.415 e. The van der Waals surface area contributed by atoms with E-state index in [1.807, 2.05) is 13.8 Å². The summed E-state index contributed by atoms with van der Waals surface area (Å²) in [6.45, 7) is 6.04. The highest BCUT2D eigenvalue weighted by Gasteiger charge is 2.55. The molecule has 0 rings (SSSR count). The second kappa shape index (κ2) is 4.61. The van der Waals surface area contributed by atoms with Gasteiger partial charge in [-0.2, -0.15) is 13.2 Å². The van der Waals surface area contributed by atoms with Crippen LogP contribution in [-0.2, 0) is 4.79 Å². The number of likely N-dealkylation sites (N-methyl/N-ethyl adjacent to an activating group) is 1. The molecule has 0 fully saturated rings. The summed E-state index contributed by atoms with van der Waals surface area (Å²) in [5.41, 5.74) is 2.23. The van der Waals surface area contributed by atoms with Crippen LogP contribution in [0, 0.1) is 5.92 Å². The van der Waals surface area contributed by atoms with Crippen molar-refractivity contribution in [1.29, 1.82) is 0 Å². The maximum atomic E-state index is 12.5. The van der Waals surface area contributed by atoms with Crippen LogP contribution in [0.2, 0.25) is 0 Å². The number of rotatable bonds is 3. The second-order valence-electron chi connectivity index (χ2n) is 4.60. The molecule has 0 aromatic carbocycles. The molecule has 0 saturated carbocycles. The molecule has 3 nitrogen and oxygen atoms in total. The molecule has 0 aromatic heterocycles. The van der Waals surface area contributed by atoms with Crippen LogP contribution in [0.5, 0.6) is 0 Å². The summed E-state index contributed by atoms with van der Waals surface area (Å²) in [5.74, 6) is -1.04. The van der Waals surface area contributed by atoms with Gasteiger partial charge >= 0.3 is 6.18 Å². The highest BCUT2D eigenvalue weighted by molar-refractivity contribution is 5.86. The molecular weight excluding hydrogens is 221 g/mol. The number of carbonyl (C=O) groups is 1. The Kier molecular flexibility index (Phi) is 4.38. The average Bonchev–Trinajstić information content (AvgIpc) is 2.12. The van der Waals surface area contributed by atoms with E-state index in [0.29, 0.717) is 6.92 Å². The van der Waals surface area contributed by atoms with Crippen molar-refractivity contribution in [3.05, 3.63) is 0 Å². The highest BCUT2D eigenvalue weighted by atomic mass is 19.4. The van der Waals surface area contributed by atoms with E-state index >= 15 is 0 Å². The average molecular weight is 240 g/mol. The van der Waals surface area contributed by atoms with E-state index in [-0.39, 0.29) is 12.0 Å². The topological polar surface area (TPSA) is 46.3 Å². The third-order valence-corrected chi connectivity index (χ3v) is 2.93. The predicted molar refractivity (Wildman–Crippen MR) is 55.7 cm³/mol. The van der Waals surface area contributed by atoms with Gasteiger partial charge in [-0.15, -0.1) is 0 Å². The van der Waals surface area contributed by atoms with Crippen molar-refractivity contribution >= 4 is 5.91 Å². The first-order valence-corrected chi connectivity index (χ1v) is 5.05. The largest absolute Gasteiger partial charge is 0.415 e. The molecule has 0 aromatic rings. The minimum absolute atomic E-state index is 0.0676. The van der Waals surface area contributed by atoms with E-state index in [4.69, 9.17) is 5.73 Å². The smallest absolute Gasteiger partial charge is 0.341 e. The van der Waals surface area contributed by atoms with Gasteiger partial charge in [-0.1, -0.05) is 13.8 Å². The molecule has 0 radical (unpaired) electrons. The molecule has 0 aliphatic carbocycles. The number of alkyl halides is 3. The minimum Gasteiger partial charge on any atom is -0.341 e. The standard InChI is InChI=1S/C10H19F3N2O/c1-6(2)7(3)15(5)8(16)9(4,14)10(11,12)13/h6-7H,14H2,1-5H3. The Hall–Kier alpha value is -0.780. The van der Waals surface area contributed by atoms with Gasteiger partial charge in [-0.3, -0.25) is 4.79 Å². The van der Waals surface area contributed by atoms with Crippen molar-refractivity contribution in [2.45, 2.75) is 45.5 Å². The Labute approximate surface area is 93.8 Å². The molecule has 16 heavy (non-hydrogen) atoms. The van der Waals surface area contributed by atoms with Crippen LogP contribution in [0.4, 0.5) is 13.2 Å². The van der Waals surface area contributed by atoms with Gasteiger partial charge in [0.15, 0.2) is 5.54 Å². The summed E-state index contributed by atoms with van der Waals surface area (Å²) < 4.78 is 37.6. The fraction of sp³-hybridized carbons (Fsp3) is 0.900. The van der Waals surface area contributed by atoms with E-state index in [0.717, 1.165) is 4.90 Å². The highest BCUT2D eigenvalue weighted by Crippen LogP contribution is 2.30. The molecule has 2 N–H and O–H groups in total. The van der Waals surface area contributed by atoms with Gasteiger partial charge in [0.1, 0.15) is 0 Å². The number of hydrogen-bond acceptors (Lipinski definition) is 2. The van der Waals surface area contributed by atoms with Crippen molar-refractivity contribution in [2.24, 2.45) is 11.7 Å². The summed E-state index contributed by atoms with van der Waals surface area (Å²) >= 11 is 0. The van der Waals surface area contributed by atoms with E-state index in [2.05, 4.69) is 0 Å². The van der Waals surface area contributed by atoms with E-state index in [1.165, 1.54) is 7.05 Å². The monoisotopic (exact) mass is 240 g/mol. The SMILES string of the molecule is CC(C)C(C)N(C)C(=O)C(C)(N)C(F)(F)F. The van der Waals surface area contributed by atoms with Crippen molar-refractivity contribution < 1.29 is 18.0 Å². The van der Waals surface area contributed by atoms with Crippen molar-refractivity contribution in [1.82, 2.24) is 4.90 Å². The van der Waals surface area contributed by atoms with Crippen LogP contribution < -0.4 is 5.73 Å². The van der Waals surface area contributed by atoms with Gasteiger partial charge < -0.3 is 10.6 Å². The molecule has 1 amide bonds. The zero-order valence-corrected chi connectivity index (χ0v) is 10.2. The van der Waals surface area contributed by atoms with Gasteiger partial charge in [-0.05, 0) is 19.8 Å². The lowest BCUT2D eigenvalue weighted by molar-refractivity contribution is -0.194. The summed E-state index contributed by atoms with van der Waals surface area (Å²) in [4.78, 5) is 12.7. The molecule has 0 bridgehead atoms. The minimum atomic E-state index is -4.74. The fourth-order valence-corrected chi connectivity index (χ4v) is 1.12. The summed E-state index contributed by atoms with van der Waals surface area (Å²) in [6.07, 6.45) is -4.74. The van der Waals surface area contributed by atoms with Crippen LogP contribution in [0.3, 0.4) is 0 Å². The molecule has 2 unspecified atom stereocenters. The Morgan fingerprint density at radius 3 is 1.88 bits per heavy atom. The van der Waals surface area contributed by atoms with Crippen molar-refractivity contribution in [3.8, 4) is 0 Å². The first-order chi connectivity index (χ1) is 6.93. The number of nitrogens with zero attached hydrogens (tertiary/aromatic N) is 1. The van der Waals surface area contributed by atoms with Crippen LogP contribution >= 0.6 is 0 Å². The molecule has 96 valence electrons. The zero-order chi connectivity index (χ0) is 13.3. The Bertz CT molecular complexity index is 261. The number of nitrogens with two attached hydrogens (primary N) is 1. The number of halogens is 3. The molecule has 0 aliphatic rings. The van der Waals surface area contributed by atoms with E-state index in [9.17, 15) is 18.0 Å². The summed E-state index contributed by atoms with van der Waals surface area (Å²) in [6, 6.07) is -0.294. The normalized spacial score (nSPS) is 18.1.